The van der Waals surface area contributed by atoms with Crippen LogP contribution in [-0.4, -0.2) is 13.5 Å². The van der Waals surface area contributed by atoms with E-state index in [1.165, 1.54) is 115 Å². The second kappa shape index (κ2) is 15.8. The Hall–Kier alpha value is -7.34. The second-order valence-electron chi connectivity index (χ2n) is 21.7. The minimum Gasteiger partial charge on any atom is -0.454 e. The number of aryl methyl sites for hydroxylation is 1. The molecule has 0 fully saturated rings. The molecule has 1 aromatic heterocycles. The molecule has 70 heavy (non-hydrogen) atoms. The van der Waals surface area contributed by atoms with E-state index in [2.05, 4.69) is 235 Å². The summed E-state index contributed by atoms with van der Waals surface area (Å²) in [6, 6.07) is 69.2. The van der Waals surface area contributed by atoms with Gasteiger partial charge in [0.25, 0.3) is 0 Å². The predicted molar refractivity (Wildman–Crippen MR) is 297 cm³/mol. The molecule has 0 radical (unpaired) electrons. The molecular formula is C65H54BNO2S. The summed E-state index contributed by atoms with van der Waals surface area (Å²) in [4.78, 5) is 2.58. The van der Waals surface area contributed by atoms with Gasteiger partial charge in [-0.25, -0.2) is 0 Å². The largest absolute Gasteiger partial charge is 0.454 e. The zero-order valence-corrected chi connectivity index (χ0v) is 41.7. The topological polar surface area (TPSA) is 21.7 Å². The highest BCUT2D eigenvalue weighted by Crippen LogP contribution is 2.48. The Kier molecular flexibility index (Phi) is 9.68. The first kappa shape index (κ1) is 42.7. The number of benzene rings is 9. The van der Waals surface area contributed by atoms with Crippen molar-refractivity contribution in [2.45, 2.75) is 65.2 Å². The molecule has 1 atom stereocenters. The first-order valence-electron chi connectivity index (χ1n) is 24.7. The summed E-state index contributed by atoms with van der Waals surface area (Å²) in [6.07, 6.45) is 0. The second-order valence-corrected chi connectivity index (χ2v) is 22.8. The lowest BCUT2D eigenvalue weighted by molar-refractivity contribution is 0.174. The van der Waals surface area contributed by atoms with Gasteiger partial charge in [0.05, 0.1) is 0 Å². The van der Waals surface area contributed by atoms with Gasteiger partial charge < -0.3 is 14.4 Å². The smallest absolute Gasteiger partial charge is 0.247 e. The molecule has 10 aromatic rings. The van der Waals surface area contributed by atoms with Crippen molar-refractivity contribution in [3.63, 3.8) is 0 Å². The summed E-state index contributed by atoms with van der Waals surface area (Å²) in [7, 11) is 0. The third-order valence-corrected chi connectivity index (χ3v) is 16.3. The maximum atomic E-state index is 6.22. The zero-order valence-electron chi connectivity index (χ0n) is 40.9. The fourth-order valence-corrected chi connectivity index (χ4v) is 12.7. The van der Waals surface area contributed by atoms with Gasteiger partial charge in [-0.2, -0.15) is 0 Å². The number of hydrogen-bond acceptors (Lipinski definition) is 4. The van der Waals surface area contributed by atoms with Gasteiger partial charge in [0.15, 0.2) is 11.5 Å². The van der Waals surface area contributed by atoms with Crippen molar-refractivity contribution in [3.05, 3.63) is 215 Å². The molecule has 0 aliphatic carbocycles. The molecule has 3 aliphatic rings. The molecule has 0 spiro atoms. The summed E-state index contributed by atoms with van der Waals surface area (Å²) < 4.78 is 15.0. The lowest BCUT2D eigenvalue weighted by Crippen LogP contribution is -2.62. The molecule has 0 saturated carbocycles. The summed E-state index contributed by atoms with van der Waals surface area (Å²) in [5, 5.41) is 2.63. The highest BCUT2D eigenvalue weighted by molar-refractivity contribution is 7.25. The van der Waals surface area contributed by atoms with Crippen molar-refractivity contribution in [2.24, 2.45) is 0 Å². The Balaban J connectivity index is 1.08. The molecule has 0 amide bonds. The van der Waals surface area contributed by atoms with Crippen LogP contribution in [0.2, 0.25) is 0 Å². The molecule has 340 valence electrons. The van der Waals surface area contributed by atoms with Crippen LogP contribution >= 0.6 is 11.3 Å². The van der Waals surface area contributed by atoms with Gasteiger partial charge in [-0.15, -0.1) is 11.3 Å². The van der Waals surface area contributed by atoms with Crippen molar-refractivity contribution in [2.75, 3.05) is 11.7 Å². The van der Waals surface area contributed by atoms with Crippen molar-refractivity contribution >= 4 is 71.7 Å². The van der Waals surface area contributed by atoms with E-state index in [9.17, 15) is 0 Å². The van der Waals surface area contributed by atoms with Gasteiger partial charge in [-0.1, -0.05) is 174 Å². The standard InChI is InChI=1S/C65H54BNO2S/c1-39-29-53-62(42-13-9-8-10-14-42)52-36-58-59(69-38-68-58)37-54(52)66-55-34-43(44-21-27-51-50-15-11-12-16-60(50)70-61(51)35-44)22-28-56(55)67(57(30-39)63(53)66)49-32-45(40-17-23-47(24-18-40)64(2,3)4)31-46(33-49)41-19-25-48(26-20-41)65(5,6)7/h8-37,62H,38H2,1-7H3. The van der Waals surface area contributed by atoms with Crippen LogP contribution in [0.4, 0.5) is 17.1 Å². The van der Waals surface area contributed by atoms with Crippen LogP contribution in [0, 0.1) is 6.92 Å². The van der Waals surface area contributed by atoms with Gasteiger partial charge in [0.1, 0.15) is 0 Å². The highest BCUT2D eigenvalue weighted by atomic mass is 32.1. The third kappa shape index (κ3) is 7.00. The molecule has 13 rings (SSSR count). The Morgan fingerprint density at radius 2 is 1.09 bits per heavy atom. The molecule has 0 N–H and O–H groups in total. The summed E-state index contributed by atoms with van der Waals surface area (Å²) in [5.74, 6) is 1.61. The van der Waals surface area contributed by atoms with Gasteiger partial charge in [-0.3, -0.25) is 0 Å². The van der Waals surface area contributed by atoms with E-state index >= 15 is 0 Å². The van der Waals surface area contributed by atoms with Crippen LogP contribution in [0.3, 0.4) is 0 Å². The van der Waals surface area contributed by atoms with E-state index in [1.807, 2.05) is 11.3 Å². The van der Waals surface area contributed by atoms with E-state index in [0.29, 0.717) is 0 Å². The minimum atomic E-state index is -0.0631. The summed E-state index contributed by atoms with van der Waals surface area (Å²) in [5.41, 5.74) is 22.4. The van der Waals surface area contributed by atoms with Crippen molar-refractivity contribution in [3.8, 4) is 44.9 Å². The van der Waals surface area contributed by atoms with Gasteiger partial charge in [0, 0.05) is 43.2 Å². The SMILES string of the molecule is Cc1cc2c3c(c1)N(c1cc(-c4ccc(C(C)(C)C)cc4)cc(-c4ccc(C(C)(C)C)cc4)c1)c1ccc(-c4ccc5c(c4)sc4ccccc45)cc1B3c1cc3c(cc1C2c1ccccc1)OCO3. The first-order valence-corrected chi connectivity index (χ1v) is 25.5. The number of hydrogen-bond donors (Lipinski definition) is 0. The molecule has 4 heterocycles. The third-order valence-electron chi connectivity index (χ3n) is 15.1. The van der Waals surface area contributed by atoms with Crippen molar-refractivity contribution in [1.29, 1.82) is 0 Å². The lowest BCUT2D eigenvalue weighted by Gasteiger charge is -2.43. The number of thiophene rings is 1. The monoisotopic (exact) mass is 923 g/mol. The van der Waals surface area contributed by atoms with Gasteiger partial charge >= 0.3 is 0 Å². The molecule has 0 bridgehead atoms. The quantitative estimate of drug-likeness (QED) is 0.161. The van der Waals surface area contributed by atoms with Crippen LogP contribution in [-0.2, 0) is 10.8 Å². The van der Waals surface area contributed by atoms with E-state index in [4.69, 9.17) is 9.47 Å². The van der Waals surface area contributed by atoms with Gasteiger partial charge in [0.2, 0.25) is 13.5 Å². The number of fused-ring (bicyclic) bond motifs is 8. The first-order chi connectivity index (χ1) is 33.8. The minimum absolute atomic E-state index is 0.0119. The number of anilines is 3. The molecule has 3 aliphatic heterocycles. The van der Waals surface area contributed by atoms with Crippen LogP contribution in [0.15, 0.2) is 182 Å². The maximum Gasteiger partial charge on any atom is 0.247 e. The maximum absolute atomic E-state index is 6.22. The number of ether oxygens (including phenoxy) is 2. The number of nitrogens with zero attached hydrogens (tertiary/aromatic N) is 1. The van der Waals surface area contributed by atoms with E-state index in [1.54, 1.807) is 0 Å². The predicted octanol–water partition coefficient (Wildman–Crippen LogP) is 15.5. The fourth-order valence-electron chi connectivity index (χ4n) is 11.5. The summed E-state index contributed by atoms with van der Waals surface area (Å²) >= 11 is 1.87. The molecule has 3 nitrogen and oxygen atoms in total. The van der Waals surface area contributed by atoms with E-state index in [-0.39, 0.29) is 30.3 Å². The van der Waals surface area contributed by atoms with Crippen LogP contribution in [0.25, 0.3) is 53.6 Å². The average molecular weight is 924 g/mol. The Bertz CT molecular complexity index is 3650. The fraction of sp³-hybridized carbons (Fsp3) is 0.169. The normalized spacial score (nSPS) is 14.8. The lowest BCUT2D eigenvalue weighted by atomic mass is 9.31. The van der Waals surface area contributed by atoms with Crippen LogP contribution < -0.4 is 30.8 Å². The zero-order chi connectivity index (χ0) is 47.6. The summed E-state index contributed by atoms with van der Waals surface area (Å²) in [6.45, 7) is 16.1. The Morgan fingerprint density at radius 1 is 0.486 bits per heavy atom. The number of rotatable bonds is 5. The van der Waals surface area contributed by atoms with E-state index in [0.717, 1.165) is 17.2 Å². The Labute approximate surface area is 416 Å². The Morgan fingerprint density at radius 3 is 1.77 bits per heavy atom. The van der Waals surface area contributed by atoms with E-state index < -0.39 is 0 Å². The van der Waals surface area contributed by atoms with Crippen molar-refractivity contribution in [1.82, 2.24) is 0 Å². The average Bonchev–Trinajstić information content (AvgIpc) is 3.99. The van der Waals surface area contributed by atoms with Crippen LogP contribution in [0.5, 0.6) is 11.5 Å². The highest BCUT2D eigenvalue weighted by Gasteiger charge is 2.45. The molecule has 1 unspecified atom stereocenters. The van der Waals surface area contributed by atoms with Gasteiger partial charge in [-0.05, 0) is 150 Å². The molecule has 5 heteroatoms. The van der Waals surface area contributed by atoms with Crippen LogP contribution in [0.1, 0.15) is 80.8 Å². The molecular weight excluding hydrogens is 870 g/mol. The molecule has 0 saturated heterocycles. The van der Waals surface area contributed by atoms with Crippen molar-refractivity contribution < 1.29 is 9.47 Å². The molecule has 9 aromatic carbocycles.